The van der Waals surface area contributed by atoms with Crippen LogP contribution in [0.4, 0.5) is 0 Å². The summed E-state index contributed by atoms with van der Waals surface area (Å²) in [5.74, 6) is 0.660. The third kappa shape index (κ3) is 3.12. The highest BCUT2D eigenvalue weighted by atomic mass is 16.3. The van der Waals surface area contributed by atoms with E-state index in [1.807, 2.05) is 24.3 Å². The van der Waals surface area contributed by atoms with Crippen LogP contribution in [0.5, 0.6) is 0 Å². The molecule has 0 spiro atoms. The summed E-state index contributed by atoms with van der Waals surface area (Å²) >= 11 is 0. The molecule has 0 saturated heterocycles. The van der Waals surface area contributed by atoms with Gasteiger partial charge in [-0.25, -0.2) is 4.98 Å². The minimum atomic E-state index is -0.112. The molecular formula is C40H27NO. The van der Waals surface area contributed by atoms with Crippen molar-refractivity contribution in [2.75, 3.05) is 0 Å². The normalized spacial score (nSPS) is 13.7. The Morgan fingerprint density at radius 1 is 0.500 bits per heavy atom. The van der Waals surface area contributed by atoms with Crippen molar-refractivity contribution in [3.63, 3.8) is 0 Å². The van der Waals surface area contributed by atoms with Crippen molar-refractivity contribution in [3.05, 3.63) is 139 Å². The molecule has 8 aromatic rings. The molecule has 198 valence electrons. The maximum Gasteiger partial charge on any atom is 0.228 e. The summed E-state index contributed by atoms with van der Waals surface area (Å²) in [6.45, 7) is 4.70. The van der Waals surface area contributed by atoms with Crippen LogP contribution < -0.4 is 0 Å². The van der Waals surface area contributed by atoms with Crippen LogP contribution in [-0.2, 0) is 5.41 Å². The molecular weight excluding hydrogens is 510 g/mol. The number of rotatable bonds is 2. The van der Waals surface area contributed by atoms with Crippen LogP contribution >= 0.6 is 0 Å². The van der Waals surface area contributed by atoms with Gasteiger partial charge in [-0.15, -0.1) is 0 Å². The Balaban J connectivity index is 1.51. The zero-order chi connectivity index (χ0) is 28.0. The minimum absolute atomic E-state index is 0.112. The van der Waals surface area contributed by atoms with Crippen molar-refractivity contribution in [3.8, 4) is 33.7 Å². The molecule has 1 aliphatic rings. The van der Waals surface area contributed by atoms with Gasteiger partial charge in [-0.05, 0) is 90.0 Å². The Labute approximate surface area is 243 Å². The first kappa shape index (κ1) is 23.5. The van der Waals surface area contributed by atoms with Crippen molar-refractivity contribution >= 4 is 43.4 Å². The number of nitrogens with zero attached hydrogens (tertiary/aromatic N) is 1. The van der Waals surface area contributed by atoms with E-state index in [9.17, 15) is 0 Å². The van der Waals surface area contributed by atoms with Crippen molar-refractivity contribution in [1.82, 2.24) is 4.98 Å². The average molecular weight is 538 g/mol. The number of para-hydroxylation sites is 2. The second-order valence-electron chi connectivity index (χ2n) is 11.9. The second-order valence-corrected chi connectivity index (χ2v) is 11.9. The van der Waals surface area contributed by atoms with E-state index >= 15 is 0 Å². The lowest BCUT2D eigenvalue weighted by Crippen LogP contribution is -2.14. The van der Waals surface area contributed by atoms with Gasteiger partial charge in [0.15, 0.2) is 5.58 Å². The predicted octanol–water partition coefficient (Wildman–Crippen LogP) is 10.9. The van der Waals surface area contributed by atoms with E-state index in [-0.39, 0.29) is 5.41 Å². The van der Waals surface area contributed by atoms with E-state index < -0.39 is 0 Å². The van der Waals surface area contributed by atoms with Crippen LogP contribution in [0.15, 0.2) is 132 Å². The number of oxazole rings is 1. The largest absolute Gasteiger partial charge is 0.436 e. The van der Waals surface area contributed by atoms with Crippen LogP contribution in [0.3, 0.4) is 0 Å². The van der Waals surface area contributed by atoms with Gasteiger partial charge < -0.3 is 4.42 Å². The van der Waals surface area contributed by atoms with E-state index in [4.69, 9.17) is 9.40 Å². The fourth-order valence-electron chi connectivity index (χ4n) is 7.31. The summed E-state index contributed by atoms with van der Waals surface area (Å²) in [6, 6.07) is 45.9. The highest BCUT2D eigenvalue weighted by Crippen LogP contribution is 2.53. The van der Waals surface area contributed by atoms with E-state index in [0.717, 1.165) is 27.4 Å². The summed E-state index contributed by atoms with van der Waals surface area (Å²) in [5.41, 5.74) is 10.4. The van der Waals surface area contributed by atoms with E-state index in [1.54, 1.807) is 0 Å². The number of hydrogen-bond acceptors (Lipinski definition) is 2. The molecule has 7 aromatic carbocycles. The van der Waals surface area contributed by atoms with Crippen molar-refractivity contribution in [2.24, 2.45) is 0 Å². The molecule has 0 fully saturated rings. The van der Waals surface area contributed by atoms with E-state index in [1.165, 1.54) is 54.9 Å². The fourth-order valence-corrected chi connectivity index (χ4v) is 7.31. The first-order chi connectivity index (χ1) is 20.6. The lowest BCUT2D eigenvalue weighted by molar-refractivity contribution is 0.621. The summed E-state index contributed by atoms with van der Waals surface area (Å²) in [7, 11) is 0. The van der Waals surface area contributed by atoms with Crippen LogP contribution in [0, 0.1) is 0 Å². The first-order valence-corrected chi connectivity index (χ1v) is 14.6. The van der Waals surface area contributed by atoms with E-state index in [0.29, 0.717) is 5.89 Å². The van der Waals surface area contributed by atoms with Crippen LogP contribution in [0.1, 0.15) is 25.0 Å². The molecule has 0 bridgehead atoms. The van der Waals surface area contributed by atoms with Crippen LogP contribution in [0.2, 0.25) is 0 Å². The van der Waals surface area contributed by atoms with Crippen molar-refractivity contribution < 1.29 is 4.42 Å². The first-order valence-electron chi connectivity index (χ1n) is 14.6. The Kier molecular flexibility index (Phi) is 4.70. The molecule has 0 aliphatic heterocycles. The topological polar surface area (TPSA) is 26.0 Å². The Morgan fingerprint density at radius 2 is 1.14 bits per heavy atom. The van der Waals surface area contributed by atoms with E-state index in [2.05, 4.69) is 117 Å². The molecule has 0 N–H and O–H groups in total. The molecule has 9 rings (SSSR count). The lowest BCUT2D eigenvalue weighted by atomic mass is 9.80. The molecule has 0 atom stereocenters. The van der Waals surface area contributed by atoms with Gasteiger partial charge in [-0.1, -0.05) is 117 Å². The molecule has 1 heterocycles. The number of benzene rings is 7. The van der Waals surface area contributed by atoms with Crippen LogP contribution in [0.25, 0.3) is 77.1 Å². The number of hydrogen-bond donors (Lipinski definition) is 0. The second kappa shape index (κ2) is 8.41. The van der Waals surface area contributed by atoms with Gasteiger partial charge in [0.05, 0.1) is 5.56 Å². The Hall–Kier alpha value is -5.21. The standard InChI is InChI=1S/C40H27NO/c1-40(2)33-19-8-7-15-26(33)30-22-31-32(23-34(30)40)37(27-18-11-13-24-12-3-4-14-25(24)27)28-16-5-6-17-29(28)38(31)39-41-35-20-9-10-21-36(35)42-39/h3-23H,1-2H3. The zero-order valence-electron chi connectivity index (χ0n) is 23.5. The third-order valence-electron chi connectivity index (χ3n) is 9.29. The monoisotopic (exact) mass is 537 g/mol. The summed E-state index contributed by atoms with van der Waals surface area (Å²) in [4.78, 5) is 5.04. The fraction of sp³-hybridized carbons (Fsp3) is 0.0750. The maximum atomic E-state index is 6.50. The zero-order valence-corrected chi connectivity index (χ0v) is 23.5. The minimum Gasteiger partial charge on any atom is -0.436 e. The highest BCUT2D eigenvalue weighted by Gasteiger charge is 2.36. The Morgan fingerprint density at radius 3 is 2.00 bits per heavy atom. The smallest absolute Gasteiger partial charge is 0.228 e. The Bertz CT molecular complexity index is 2350. The van der Waals surface area contributed by atoms with Gasteiger partial charge in [-0.2, -0.15) is 0 Å². The van der Waals surface area contributed by atoms with Gasteiger partial charge in [0.1, 0.15) is 5.52 Å². The molecule has 1 aromatic heterocycles. The SMILES string of the molecule is CC1(C)c2ccccc2-c2cc3c(-c4nc5ccccc5o4)c4ccccc4c(-c4cccc5ccccc45)c3cc21. The molecule has 0 amide bonds. The molecule has 0 unspecified atom stereocenters. The maximum absolute atomic E-state index is 6.50. The molecule has 1 aliphatic carbocycles. The molecule has 0 radical (unpaired) electrons. The number of fused-ring (bicyclic) bond motifs is 7. The van der Waals surface area contributed by atoms with Gasteiger partial charge in [-0.3, -0.25) is 0 Å². The summed E-state index contributed by atoms with van der Waals surface area (Å²) < 4.78 is 6.50. The van der Waals surface area contributed by atoms with Gasteiger partial charge >= 0.3 is 0 Å². The van der Waals surface area contributed by atoms with Crippen LogP contribution in [-0.4, -0.2) is 4.98 Å². The number of aromatic nitrogens is 1. The molecule has 2 heteroatoms. The highest BCUT2D eigenvalue weighted by molar-refractivity contribution is 6.24. The van der Waals surface area contributed by atoms with Gasteiger partial charge in [0, 0.05) is 5.41 Å². The van der Waals surface area contributed by atoms with Gasteiger partial charge in [0.25, 0.3) is 0 Å². The van der Waals surface area contributed by atoms with Gasteiger partial charge in [0.2, 0.25) is 5.89 Å². The third-order valence-corrected chi connectivity index (χ3v) is 9.29. The van der Waals surface area contributed by atoms with Crippen molar-refractivity contribution in [2.45, 2.75) is 19.3 Å². The lowest BCUT2D eigenvalue weighted by Gasteiger charge is -2.23. The summed E-state index contributed by atoms with van der Waals surface area (Å²) in [5, 5.41) is 7.22. The molecule has 42 heavy (non-hydrogen) atoms. The predicted molar refractivity (Wildman–Crippen MR) is 175 cm³/mol. The molecule has 2 nitrogen and oxygen atoms in total. The van der Waals surface area contributed by atoms with Crippen molar-refractivity contribution in [1.29, 1.82) is 0 Å². The summed E-state index contributed by atoms with van der Waals surface area (Å²) in [6.07, 6.45) is 0. The quantitative estimate of drug-likeness (QED) is 0.205. The average Bonchev–Trinajstić information content (AvgIpc) is 3.55. The molecule has 0 saturated carbocycles.